The molecule has 1 saturated carbocycles. The van der Waals surface area contributed by atoms with Crippen LogP contribution in [-0.2, 0) is 9.59 Å². The van der Waals surface area contributed by atoms with Crippen LogP contribution in [0.3, 0.4) is 0 Å². The van der Waals surface area contributed by atoms with Gasteiger partial charge in [0.2, 0.25) is 5.91 Å². The lowest BCUT2D eigenvalue weighted by molar-refractivity contribution is -0.136. The minimum atomic E-state index is -0.816. The van der Waals surface area contributed by atoms with Crippen LogP contribution in [0.25, 0.3) is 0 Å². The molecule has 0 aliphatic heterocycles. The zero-order valence-electron chi connectivity index (χ0n) is 10.2. The van der Waals surface area contributed by atoms with Gasteiger partial charge in [0.1, 0.15) is 0 Å². The Morgan fingerprint density at radius 2 is 1.71 bits per heavy atom. The molecule has 0 unspecified atom stereocenters. The number of rotatable bonds is 7. The van der Waals surface area contributed by atoms with E-state index >= 15 is 0 Å². The molecule has 0 aromatic heterocycles. The summed E-state index contributed by atoms with van der Waals surface area (Å²) >= 11 is 0. The smallest absolute Gasteiger partial charge is 0.304 e. The first-order valence-electron chi connectivity index (χ1n) is 6.40. The van der Waals surface area contributed by atoms with Gasteiger partial charge in [-0.25, -0.2) is 0 Å². The molecule has 17 heavy (non-hydrogen) atoms. The molecule has 0 aromatic carbocycles. The minimum absolute atomic E-state index is 0.0692. The highest BCUT2D eigenvalue weighted by molar-refractivity contribution is 5.76. The Bertz CT molecular complexity index is 250. The van der Waals surface area contributed by atoms with E-state index in [0.717, 1.165) is 12.8 Å². The second kappa shape index (κ2) is 8.06. The van der Waals surface area contributed by atoms with Crippen molar-refractivity contribution in [1.29, 1.82) is 0 Å². The fraction of sp³-hybridized carbons (Fsp3) is 0.833. The number of hydrogen-bond acceptors (Lipinski definition) is 3. The van der Waals surface area contributed by atoms with Gasteiger partial charge in [-0.3, -0.25) is 9.59 Å². The Labute approximate surface area is 102 Å². The van der Waals surface area contributed by atoms with E-state index in [1.54, 1.807) is 0 Å². The highest BCUT2D eigenvalue weighted by atomic mass is 16.4. The highest BCUT2D eigenvalue weighted by Gasteiger charge is 2.14. The van der Waals surface area contributed by atoms with Gasteiger partial charge >= 0.3 is 5.97 Å². The van der Waals surface area contributed by atoms with E-state index in [-0.39, 0.29) is 12.3 Å². The lowest BCUT2D eigenvalue weighted by Crippen LogP contribution is -2.37. The van der Waals surface area contributed by atoms with Crippen molar-refractivity contribution in [2.75, 3.05) is 13.1 Å². The summed E-state index contributed by atoms with van der Waals surface area (Å²) in [6.07, 6.45) is 6.42. The molecule has 0 heterocycles. The Balaban J connectivity index is 1.98. The van der Waals surface area contributed by atoms with Crippen LogP contribution in [0.5, 0.6) is 0 Å². The van der Waals surface area contributed by atoms with Gasteiger partial charge in [0.15, 0.2) is 0 Å². The molecule has 0 bridgehead atoms. The van der Waals surface area contributed by atoms with Gasteiger partial charge < -0.3 is 15.7 Å². The molecule has 0 atom stereocenters. The summed E-state index contributed by atoms with van der Waals surface area (Å²) in [5.74, 6) is -0.746. The number of nitrogens with one attached hydrogen (secondary N) is 2. The van der Waals surface area contributed by atoms with Crippen molar-refractivity contribution in [3.05, 3.63) is 0 Å². The quantitative estimate of drug-likeness (QED) is 0.579. The van der Waals surface area contributed by atoms with Crippen LogP contribution >= 0.6 is 0 Å². The van der Waals surface area contributed by atoms with Gasteiger partial charge in [-0.15, -0.1) is 0 Å². The molecule has 1 rings (SSSR count). The van der Waals surface area contributed by atoms with Crippen molar-refractivity contribution in [1.82, 2.24) is 10.6 Å². The largest absolute Gasteiger partial charge is 0.481 e. The summed E-state index contributed by atoms with van der Waals surface area (Å²) in [6.45, 7) is 0.970. The summed E-state index contributed by atoms with van der Waals surface area (Å²) in [4.78, 5) is 21.8. The second-order valence-electron chi connectivity index (χ2n) is 4.55. The maximum Gasteiger partial charge on any atom is 0.304 e. The molecule has 1 fully saturated rings. The van der Waals surface area contributed by atoms with Crippen LogP contribution in [0.4, 0.5) is 0 Å². The molecule has 0 saturated heterocycles. The lowest BCUT2D eigenvalue weighted by Gasteiger charge is -2.22. The van der Waals surface area contributed by atoms with Crippen LogP contribution in [-0.4, -0.2) is 36.1 Å². The number of hydrogen-bond donors (Lipinski definition) is 3. The van der Waals surface area contributed by atoms with Gasteiger partial charge in [-0.2, -0.15) is 0 Å². The fourth-order valence-corrected chi connectivity index (χ4v) is 2.07. The zero-order chi connectivity index (χ0) is 12.5. The number of carbonyl (C=O) groups excluding carboxylic acids is 1. The first-order valence-corrected chi connectivity index (χ1v) is 6.40. The molecule has 0 aromatic rings. The average Bonchev–Trinajstić information content (AvgIpc) is 2.29. The minimum Gasteiger partial charge on any atom is -0.481 e. The number of carboxylic acid groups (broad SMARTS) is 1. The summed E-state index contributed by atoms with van der Waals surface area (Å²) in [5.41, 5.74) is 0. The Hall–Kier alpha value is -1.10. The van der Waals surface area contributed by atoms with Crippen LogP contribution < -0.4 is 10.6 Å². The summed E-state index contributed by atoms with van der Waals surface area (Å²) < 4.78 is 0. The summed E-state index contributed by atoms with van der Waals surface area (Å²) in [6, 6.07) is 0.357. The highest BCUT2D eigenvalue weighted by Crippen LogP contribution is 2.17. The monoisotopic (exact) mass is 242 g/mol. The van der Waals surface area contributed by atoms with Gasteiger partial charge in [0, 0.05) is 25.6 Å². The first kappa shape index (κ1) is 14.0. The molecule has 0 spiro atoms. The van der Waals surface area contributed by atoms with Crippen molar-refractivity contribution >= 4 is 11.9 Å². The molecule has 3 N–H and O–H groups in total. The fourth-order valence-electron chi connectivity index (χ4n) is 2.07. The van der Waals surface area contributed by atoms with Crippen LogP contribution in [0, 0.1) is 0 Å². The molecule has 1 aliphatic rings. The van der Waals surface area contributed by atoms with E-state index in [9.17, 15) is 9.59 Å². The zero-order valence-corrected chi connectivity index (χ0v) is 10.2. The second-order valence-corrected chi connectivity index (χ2v) is 4.55. The maximum atomic E-state index is 11.5. The van der Waals surface area contributed by atoms with Gasteiger partial charge in [-0.05, 0) is 12.8 Å². The third-order valence-electron chi connectivity index (χ3n) is 3.01. The van der Waals surface area contributed by atoms with Crippen molar-refractivity contribution in [3.8, 4) is 0 Å². The number of carboxylic acids is 1. The van der Waals surface area contributed by atoms with Crippen molar-refractivity contribution < 1.29 is 14.7 Å². The number of amides is 1. The molecule has 0 radical (unpaired) electrons. The number of carbonyl (C=O) groups is 2. The summed E-state index contributed by atoms with van der Waals surface area (Å²) in [7, 11) is 0. The van der Waals surface area contributed by atoms with E-state index < -0.39 is 5.97 Å². The average molecular weight is 242 g/mol. The van der Waals surface area contributed by atoms with Crippen LogP contribution in [0.15, 0.2) is 0 Å². The first-order chi connectivity index (χ1) is 8.18. The standard InChI is InChI=1S/C12H22N2O3/c15-11(6-8-13-9-7-12(16)17)14-10-4-2-1-3-5-10/h10,13H,1-9H2,(H,14,15)(H,16,17). The normalized spacial score (nSPS) is 16.7. The summed E-state index contributed by atoms with van der Waals surface area (Å²) in [5, 5.41) is 14.4. The molecule has 5 nitrogen and oxygen atoms in total. The van der Waals surface area contributed by atoms with Gasteiger partial charge in [0.05, 0.1) is 6.42 Å². The Morgan fingerprint density at radius 1 is 1.06 bits per heavy atom. The predicted octanol–water partition coefficient (Wildman–Crippen LogP) is 0.890. The molecule has 5 heteroatoms. The Morgan fingerprint density at radius 3 is 2.35 bits per heavy atom. The SMILES string of the molecule is O=C(O)CCNCCC(=O)NC1CCCCC1. The van der Waals surface area contributed by atoms with Gasteiger partial charge in [0.25, 0.3) is 0 Å². The molecule has 1 aliphatic carbocycles. The molecular weight excluding hydrogens is 220 g/mol. The van der Waals surface area contributed by atoms with E-state index in [0.29, 0.717) is 25.6 Å². The predicted molar refractivity (Wildman–Crippen MR) is 64.8 cm³/mol. The molecule has 98 valence electrons. The van der Waals surface area contributed by atoms with E-state index in [2.05, 4.69) is 10.6 Å². The van der Waals surface area contributed by atoms with Crippen molar-refractivity contribution in [3.63, 3.8) is 0 Å². The number of aliphatic carboxylic acids is 1. The van der Waals surface area contributed by atoms with E-state index in [1.807, 2.05) is 0 Å². The van der Waals surface area contributed by atoms with Crippen molar-refractivity contribution in [2.45, 2.75) is 51.0 Å². The van der Waals surface area contributed by atoms with Gasteiger partial charge in [-0.1, -0.05) is 19.3 Å². The van der Waals surface area contributed by atoms with E-state index in [4.69, 9.17) is 5.11 Å². The lowest BCUT2D eigenvalue weighted by atomic mass is 9.95. The Kier molecular flexibility index (Phi) is 6.62. The van der Waals surface area contributed by atoms with Crippen LogP contribution in [0.1, 0.15) is 44.9 Å². The molecule has 1 amide bonds. The third-order valence-corrected chi connectivity index (χ3v) is 3.01. The maximum absolute atomic E-state index is 11.5. The van der Waals surface area contributed by atoms with Crippen molar-refractivity contribution in [2.24, 2.45) is 0 Å². The third kappa shape index (κ3) is 6.94. The van der Waals surface area contributed by atoms with Crippen LogP contribution in [0.2, 0.25) is 0 Å². The molecular formula is C12H22N2O3. The van der Waals surface area contributed by atoms with E-state index in [1.165, 1.54) is 19.3 Å². The topological polar surface area (TPSA) is 78.4 Å².